The van der Waals surface area contributed by atoms with Gasteiger partial charge in [-0.2, -0.15) is 0 Å². The van der Waals surface area contributed by atoms with E-state index in [0.717, 1.165) is 0 Å². The van der Waals surface area contributed by atoms with Crippen LogP contribution in [0.3, 0.4) is 0 Å². The average molecular weight is 296 g/mol. The second kappa shape index (κ2) is 6.98. The van der Waals surface area contributed by atoms with Gasteiger partial charge in [0, 0.05) is 31.9 Å². The molecule has 1 saturated heterocycles. The molecule has 5 nitrogen and oxygen atoms in total. The molecule has 1 aromatic carbocycles. The molecule has 0 aromatic heterocycles. The molecular weight excluding hydrogens is 275 g/mol. The molecule has 21 heavy (non-hydrogen) atoms. The summed E-state index contributed by atoms with van der Waals surface area (Å²) >= 11 is 0. The first kappa shape index (κ1) is 15.9. The van der Waals surface area contributed by atoms with E-state index < -0.39 is 11.2 Å². The van der Waals surface area contributed by atoms with Gasteiger partial charge in [0.25, 0.3) is 0 Å². The highest BCUT2D eigenvalue weighted by molar-refractivity contribution is 5.83. The number of benzene rings is 1. The lowest BCUT2D eigenvalue weighted by molar-refractivity contribution is -0.136. The summed E-state index contributed by atoms with van der Waals surface area (Å²) in [7, 11) is 0. The zero-order valence-corrected chi connectivity index (χ0v) is 11.9. The van der Waals surface area contributed by atoms with E-state index in [1.165, 1.54) is 12.1 Å². The van der Waals surface area contributed by atoms with E-state index in [-0.39, 0.29) is 31.2 Å². The third-order valence-electron chi connectivity index (χ3n) is 4.06. The number of nitrogens with two attached hydrogens (primary N) is 1. The number of carbonyl (C=O) groups excluding carboxylic acids is 1. The first-order valence-corrected chi connectivity index (χ1v) is 7.05. The van der Waals surface area contributed by atoms with E-state index in [9.17, 15) is 9.18 Å². The predicted molar refractivity (Wildman–Crippen MR) is 75.7 cm³/mol. The minimum Gasteiger partial charge on any atom is -0.392 e. The monoisotopic (exact) mass is 296 g/mol. The van der Waals surface area contributed by atoms with Crippen LogP contribution in [0.25, 0.3) is 0 Å². The van der Waals surface area contributed by atoms with E-state index in [1.54, 1.807) is 6.07 Å². The number of aliphatic hydroxyl groups is 1. The van der Waals surface area contributed by atoms with Crippen molar-refractivity contribution >= 4 is 5.91 Å². The van der Waals surface area contributed by atoms with Gasteiger partial charge < -0.3 is 20.9 Å². The lowest BCUT2D eigenvalue weighted by atomic mass is 9.79. The maximum atomic E-state index is 13.6. The van der Waals surface area contributed by atoms with Crippen molar-refractivity contribution < 1.29 is 19.0 Å². The molecule has 1 aliphatic rings. The SMILES string of the molecule is NCC1(C(=O)NCc2ccc(CO)c(F)c2)CCOCC1. The standard InChI is InChI=1S/C15H21FN2O3/c16-13-7-11(1-2-12(13)9-19)8-18-14(20)15(10-17)3-5-21-6-4-15/h1-2,7,19H,3-6,8-10,17H2,(H,18,20). The van der Waals surface area contributed by atoms with Gasteiger partial charge in [0.2, 0.25) is 5.91 Å². The van der Waals surface area contributed by atoms with Crippen molar-refractivity contribution in [3.8, 4) is 0 Å². The summed E-state index contributed by atoms with van der Waals surface area (Å²) in [4.78, 5) is 12.4. The third kappa shape index (κ3) is 3.58. The van der Waals surface area contributed by atoms with Crippen LogP contribution in [-0.4, -0.2) is 30.8 Å². The van der Waals surface area contributed by atoms with Crippen LogP contribution in [0.4, 0.5) is 4.39 Å². The van der Waals surface area contributed by atoms with Gasteiger partial charge in [0.05, 0.1) is 12.0 Å². The van der Waals surface area contributed by atoms with Crippen molar-refractivity contribution in [2.75, 3.05) is 19.8 Å². The maximum absolute atomic E-state index is 13.6. The second-order valence-corrected chi connectivity index (χ2v) is 5.36. The smallest absolute Gasteiger partial charge is 0.227 e. The Kier molecular flexibility index (Phi) is 5.27. The Morgan fingerprint density at radius 2 is 2.14 bits per heavy atom. The summed E-state index contributed by atoms with van der Waals surface area (Å²) < 4.78 is 18.8. The van der Waals surface area contributed by atoms with Crippen LogP contribution >= 0.6 is 0 Å². The van der Waals surface area contributed by atoms with Gasteiger partial charge in [-0.25, -0.2) is 4.39 Å². The average Bonchev–Trinajstić information content (AvgIpc) is 2.53. The number of nitrogens with one attached hydrogen (secondary N) is 1. The van der Waals surface area contributed by atoms with Gasteiger partial charge in [-0.3, -0.25) is 4.79 Å². The zero-order chi connectivity index (χ0) is 15.3. The number of halogens is 1. The van der Waals surface area contributed by atoms with Gasteiger partial charge in [-0.05, 0) is 24.5 Å². The highest BCUT2D eigenvalue weighted by Gasteiger charge is 2.38. The molecule has 0 spiro atoms. The molecule has 116 valence electrons. The second-order valence-electron chi connectivity index (χ2n) is 5.36. The quantitative estimate of drug-likeness (QED) is 0.746. The van der Waals surface area contributed by atoms with E-state index in [2.05, 4.69) is 5.32 Å². The summed E-state index contributed by atoms with van der Waals surface area (Å²) in [5, 5.41) is 11.7. The number of ether oxygens (including phenoxy) is 1. The number of hydrogen-bond acceptors (Lipinski definition) is 4. The van der Waals surface area contributed by atoms with Gasteiger partial charge in [0.15, 0.2) is 0 Å². The Labute approximate surface area is 123 Å². The van der Waals surface area contributed by atoms with E-state index in [4.69, 9.17) is 15.6 Å². The Hall–Kier alpha value is -1.50. The van der Waals surface area contributed by atoms with Gasteiger partial charge in [-0.1, -0.05) is 12.1 Å². The van der Waals surface area contributed by atoms with Crippen molar-refractivity contribution in [1.29, 1.82) is 0 Å². The van der Waals surface area contributed by atoms with Crippen LogP contribution in [-0.2, 0) is 22.7 Å². The molecule has 4 N–H and O–H groups in total. The lowest BCUT2D eigenvalue weighted by Gasteiger charge is -2.34. The largest absolute Gasteiger partial charge is 0.392 e. The van der Waals surface area contributed by atoms with Gasteiger partial charge in [-0.15, -0.1) is 0 Å². The van der Waals surface area contributed by atoms with Gasteiger partial charge >= 0.3 is 0 Å². The molecule has 0 bridgehead atoms. The number of hydrogen-bond donors (Lipinski definition) is 3. The van der Waals surface area contributed by atoms with E-state index >= 15 is 0 Å². The molecule has 0 unspecified atom stereocenters. The molecule has 0 radical (unpaired) electrons. The molecule has 0 atom stereocenters. The van der Waals surface area contributed by atoms with Crippen molar-refractivity contribution in [2.24, 2.45) is 11.1 Å². The summed E-state index contributed by atoms with van der Waals surface area (Å²) in [6, 6.07) is 4.53. The molecule has 2 rings (SSSR count). The summed E-state index contributed by atoms with van der Waals surface area (Å²) in [6.45, 7) is 1.24. The van der Waals surface area contributed by atoms with Crippen LogP contribution in [0.2, 0.25) is 0 Å². The molecule has 6 heteroatoms. The van der Waals surface area contributed by atoms with Crippen LogP contribution in [0.15, 0.2) is 18.2 Å². The minimum atomic E-state index is -0.582. The summed E-state index contributed by atoms with van der Waals surface area (Å²) in [5.74, 6) is -0.580. The minimum absolute atomic E-state index is 0.111. The maximum Gasteiger partial charge on any atom is 0.227 e. The van der Waals surface area contributed by atoms with Crippen LogP contribution in [0, 0.1) is 11.2 Å². The lowest BCUT2D eigenvalue weighted by Crippen LogP contribution is -2.48. The van der Waals surface area contributed by atoms with E-state index in [0.29, 0.717) is 31.6 Å². The van der Waals surface area contributed by atoms with E-state index in [1.807, 2.05) is 0 Å². The van der Waals surface area contributed by atoms with Crippen molar-refractivity contribution in [3.05, 3.63) is 35.1 Å². The first-order chi connectivity index (χ1) is 10.1. The van der Waals surface area contributed by atoms with Crippen LogP contribution < -0.4 is 11.1 Å². The van der Waals surface area contributed by atoms with Crippen LogP contribution in [0.5, 0.6) is 0 Å². The number of aliphatic hydroxyl groups excluding tert-OH is 1. The first-order valence-electron chi connectivity index (χ1n) is 7.05. The molecule has 1 aromatic rings. The van der Waals surface area contributed by atoms with Crippen LogP contribution in [0.1, 0.15) is 24.0 Å². The highest BCUT2D eigenvalue weighted by Crippen LogP contribution is 2.29. The molecule has 1 amide bonds. The Morgan fingerprint density at radius 1 is 1.43 bits per heavy atom. The molecule has 1 aliphatic heterocycles. The van der Waals surface area contributed by atoms with Gasteiger partial charge in [0.1, 0.15) is 5.82 Å². The summed E-state index contributed by atoms with van der Waals surface area (Å²) in [5.41, 5.74) is 6.08. The Balaban J connectivity index is 1.98. The molecule has 1 heterocycles. The fraction of sp³-hybridized carbons (Fsp3) is 0.533. The van der Waals surface area contributed by atoms with Crippen molar-refractivity contribution in [2.45, 2.75) is 26.0 Å². The number of rotatable bonds is 5. The Morgan fingerprint density at radius 3 is 2.71 bits per heavy atom. The Bertz CT molecular complexity index is 502. The normalized spacial score (nSPS) is 17.5. The van der Waals surface area contributed by atoms with Crippen molar-refractivity contribution in [1.82, 2.24) is 5.32 Å². The zero-order valence-electron chi connectivity index (χ0n) is 11.9. The molecule has 0 saturated carbocycles. The number of carbonyl (C=O) groups is 1. The summed E-state index contributed by atoms with van der Waals surface area (Å²) in [6.07, 6.45) is 1.21. The third-order valence-corrected chi connectivity index (χ3v) is 4.06. The van der Waals surface area contributed by atoms with Crippen molar-refractivity contribution in [3.63, 3.8) is 0 Å². The molecule has 0 aliphatic carbocycles. The highest BCUT2D eigenvalue weighted by atomic mass is 19.1. The molecular formula is C15H21FN2O3. The topological polar surface area (TPSA) is 84.6 Å². The number of amides is 1. The molecule has 1 fully saturated rings. The predicted octanol–water partition coefficient (Wildman–Crippen LogP) is 0.690. The fourth-order valence-electron chi connectivity index (χ4n) is 2.48. The fourth-order valence-corrected chi connectivity index (χ4v) is 2.48.